The molecule has 0 saturated carbocycles. The molecule has 1 amide bonds. The van der Waals surface area contributed by atoms with Crippen LogP contribution in [0.3, 0.4) is 0 Å². The first-order chi connectivity index (χ1) is 13.0. The van der Waals surface area contributed by atoms with E-state index < -0.39 is 5.82 Å². The third-order valence-electron chi connectivity index (χ3n) is 4.68. The van der Waals surface area contributed by atoms with E-state index in [2.05, 4.69) is 9.97 Å². The van der Waals surface area contributed by atoms with E-state index in [0.717, 1.165) is 28.1 Å². The van der Waals surface area contributed by atoms with Gasteiger partial charge in [0.2, 0.25) is 5.91 Å². The van der Waals surface area contributed by atoms with E-state index in [0.29, 0.717) is 10.6 Å². The summed E-state index contributed by atoms with van der Waals surface area (Å²) in [4.78, 5) is 25.2. The Hall–Kier alpha value is -1.70. The van der Waals surface area contributed by atoms with Crippen molar-refractivity contribution in [1.29, 1.82) is 0 Å². The van der Waals surface area contributed by atoms with Crippen LogP contribution in [0, 0.1) is 5.82 Å². The summed E-state index contributed by atoms with van der Waals surface area (Å²) in [5, 5.41) is 2.28. The van der Waals surface area contributed by atoms with E-state index in [4.69, 9.17) is 11.6 Å². The van der Waals surface area contributed by atoms with Crippen LogP contribution in [0.15, 0.2) is 29.6 Å². The van der Waals surface area contributed by atoms with Gasteiger partial charge in [-0.15, -0.1) is 11.3 Å². The van der Waals surface area contributed by atoms with Crippen LogP contribution in [-0.2, 0) is 24.2 Å². The van der Waals surface area contributed by atoms with Crippen LogP contribution in [0.2, 0.25) is 5.02 Å². The van der Waals surface area contributed by atoms with Crippen LogP contribution in [0.5, 0.6) is 0 Å². The second kappa shape index (κ2) is 7.73. The zero-order valence-electron chi connectivity index (χ0n) is 14.7. The first kappa shape index (κ1) is 18.7. The second-order valence-electron chi connectivity index (χ2n) is 6.46. The maximum absolute atomic E-state index is 13.9. The van der Waals surface area contributed by atoms with Crippen molar-refractivity contribution in [3.8, 4) is 0 Å². The highest BCUT2D eigenvalue weighted by molar-refractivity contribution is 8.00. The van der Waals surface area contributed by atoms with Crippen molar-refractivity contribution in [3.63, 3.8) is 0 Å². The minimum Gasteiger partial charge on any atom is -0.341 e. The molecule has 0 radical (unpaired) electrons. The average Bonchev–Trinajstić information content (AvgIpc) is 3.23. The number of rotatable bonds is 5. The first-order valence-electron chi connectivity index (χ1n) is 8.59. The van der Waals surface area contributed by atoms with Gasteiger partial charge in [-0.05, 0) is 37.0 Å². The Labute approximate surface area is 169 Å². The van der Waals surface area contributed by atoms with Crippen LogP contribution >= 0.6 is 34.7 Å². The fourth-order valence-electron chi connectivity index (χ4n) is 3.26. The third-order valence-corrected chi connectivity index (χ3v) is 7.21. The van der Waals surface area contributed by atoms with Gasteiger partial charge in [-0.1, -0.05) is 29.4 Å². The number of halogens is 2. The van der Waals surface area contributed by atoms with Gasteiger partial charge in [0.1, 0.15) is 22.0 Å². The van der Waals surface area contributed by atoms with Gasteiger partial charge in [0.25, 0.3) is 0 Å². The molecule has 0 unspecified atom stereocenters. The molecular weight excluding hydrogens is 405 g/mol. The summed E-state index contributed by atoms with van der Waals surface area (Å²) in [7, 11) is 1.66. The molecule has 0 spiro atoms. The highest BCUT2D eigenvalue weighted by Gasteiger charge is 2.22. The van der Waals surface area contributed by atoms with Crippen molar-refractivity contribution in [2.75, 3.05) is 12.8 Å². The Morgan fingerprint density at radius 2 is 2.22 bits per heavy atom. The molecule has 1 aliphatic rings. The van der Waals surface area contributed by atoms with Gasteiger partial charge in [-0.2, -0.15) is 0 Å². The minimum absolute atomic E-state index is 0.0991. The quantitative estimate of drug-likeness (QED) is 0.441. The molecule has 8 heteroatoms. The van der Waals surface area contributed by atoms with Gasteiger partial charge < -0.3 is 4.90 Å². The van der Waals surface area contributed by atoms with Crippen LogP contribution in [0.4, 0.5) is 4.39 Å². The molecule has 1 aliphatic carbocycles. The summed E-state index contributed by atoms with van der Waals surface area (Å²) in [5.74, 6) is -0.265. The number of carbonyl (C=O) groups is 1. The largest absolute Gasteiger partial charge is 0.341 e. The number of hydrogen-bond acceptors (Lipinski definition) is 5. The van der Waals surface area contributed by atoms with Crippen molar-refractivity contribution in [3.05, 3.63) is 51.4 Å². The van der Waals surface area contributed by atoms with Crippen molar-refractivity contribution < 1.29 is 9.18 Å². The molecule has 140 valence electrons. The van der Waals surface area contributed by atoms with Crippen molar-refractivity contribution >= 4 is 50.8 Å². The predicted octanol–water partition coefficient (Wildman–Crippen LogP) is 4.72. The van der Waals surface area contributed by atoms with Crippen LogP contribution in [0.1, 0.15) is 22.4 Å². The highest BCUT2D eigenvalue weighted by Crippen LogP contribution is 2.40. The molecule has 2 heterocycles. The van der Waals surface area contributed by atoms with Crippen LogP contribution in [-0.4, -0.2) is 33.6 Å². The minimum atomic E-state index is -0.402. The smallest absolute Gasteiger partial charge is 0.233 e. The lowest BCUT2D eigenvalue weighted by molar-refractivity contribution is -0.127. The number of thioether (sulfide) groups is 1. The number of amides is 1. The number of nitrogens with zero attached hydrogens (tertiary/aromatic N) is 3. The molecule has 0 fully saturated rings. The van der Waals surface area contributed by atoms with E-state index in [1.165, 1.54) is 39.6 Å². The van der Waals surface area contributed by atoms with Gasteiger partial charge >= 0.3 is 0 Å². The number of fused-ring (bicyclic) bond motifs is 3. The Balaban J connectivity index is 1.47. The fourth-order valence-corrected chi connectivity index (χ4v) is 5.74. The molecule has 4 nitrogen and oxygen atoms in total. The first-order valence-corrected chi connectivity index (χ1v) is 10.8. The molecule has 2 aromatic heterocycles. The zero-order chi connectivity index (χ0) is 19.0. The lowest BCUT2D eigenvalue weighted by atomic mass is 10.2. The van der Waals surface area contributed by atoms with E-state index in [9.17, 15) is 9.18 Å². The lowest BCUT2D eigenvalue weighted by Gasteiger charge is -2.18. The number of aryl methyl sites for hydroxylation is 2. The molecule has 1 aromatic carbocycles. The Morgan fingerprint density at radius 3 is 3.04 bits per heavy atom. The van der Waals surface area contributed by atoms with Gasteiger partial charge in [0.15, 0.2) is 0 Å². The summed E-state index contributed by atoms with van der Waals surface area (Å²) < 4.78 is 13.9. The molecular formula is C19H17ClFN3OS2. The number of benzene rings is 1. The Kier molecular flexibility index (Phi) is 5.34. The molecule has 0 bridgehead atoms. The predicted molar refractivity (Wildman–Crippen MR) is 108 cm³/mol. The molecule has 3 aromatic rings. The summed E-state index contributed by atoms with van der Waals surface area (Å²) >= 11 is 9.20. The molecule has 0 N–H and O–H groups in total. The second-order valence-corrected chi connectivity index (χ2v) is 8.91. The average molecular weight is 422 g/mol. The SMILES string of the molecule is CN(Cc1c(F)cccc1Cl)C(=O)CSc1ncnc2sc3c(c12)CCC3. The maximum atomic E-state index is 13.9. The maximum Gasteiger partial charge on any atom is 0.233 e. The molecule has 0 aliphatic heterocycles. The Morgan fingerprint density at radius 1 is 1.37 bits per heavy atom. The van der Waals surface area contributed by atoms with Gasteiger partial charge in [-0.25, -0.2) is 14.4 Å². The summed E-state index contributed by atoms with van der Waals surface area (Å²) in [6.07, 6.45) is 4.88. The molecule has 0 atom stereocenters. The summed E-state index contributed by atoms with van der Waals surface area (Å²) in [6, 6.07) is 4.53. The standard InChI is InChI=1S/C19H17ClFN3OS2/c1-24(8-12-13(20)5-3-6-14(12)21)16(25)9-26-18-17-11-4-2-7-15(11)27-19(17)23-10-22-18/h3,5-6,10H,2,4,7-9H2,1H3. The fraction of sp³-hybridized carbons (Fsp3) is 0.316. The topological polar surface area (TPSA) is 46.1 Å². The van der Waals surface area contributed by atoms with Crippen molar-refractivity contribution in [2.24, 2.45) is 0 Å². The van der Waals surface area contributed by atoms with Crippen LogP contribution in [0.25, 0.3) is 10.2 Å². The third kappa shape index (κ3) is 3.68. The van der Waals surface area contributed by atoms with Crippen LogP contribution < -0.4 is 0 Å². The molecule has 27 heavy (non-hydrogen) atoms. The number of carbonyl (C=O) groups excluding carboxylic acids is 1. The number of hydrogen-bond donors (Lipinski definition) is 0. The van der Waals surface area contributed by atoms with E-state index in [1.807, 2.05) is 0 Å². The zero-order valence-corrected chi connectivity index (χ0v) is 17.1. The molecule has 4 rings (SSSR count). The van der Waals surface area contributed by atoms with E-state index >= 15 is 0 Å². The van der Waals surface area contributed by atoms with Crippen molar-refractivity contribution in [2.45, 2.75) is 30.8 Å². The number of thiophene rings is 1. The normalized spacial score (nSPS) is 13.1. The molecule has 0 saturated heterocycles. The lowest BCUT2D eigenvalue weighted by Crippen LogP contribution is -2.28. The monoisotopic (exact) mass is 421 g/mol. The summed E-state index contributed by atoms with van der Waals surface area (Å²) in [6.45, 7) is 0.137. The van der Waals surface area contributed by atoms with Gasteiger partial charge in [0, 0.05) is 34.4 Å². The highest BCUT2D eigenvalue weighted by atomic mass is 35.5. The van der Waals surface area contributed by atoms with E-state index in [1.54, 1.807) is 36.8 Å². The van der Waals surface area contributed by atoms with Gasteiger partial charge in [0.05, 0.1) is 5.75 Å². The van der Waals surface area contributed by atoms with Crippen molar-refractivity contribution in [1.82, 2.24) is 14.9 Å². The number of aromatic nitrogens is 2. The summed E-state index contributed by atoms with van der Waals surface area (Å²) in [5.41, 5.74) is 1.68. The Bertz CT molecular complexity index is 1000. The van der Waals surface area contributed by atoms with Gasteiger partial charge in [-0.3, -0.25) is 4.79 Å². The van der Waals surface area contributed by atoms with E-state index in [-0.39, 0.29) is 18.2 Å².